The highest BCUT2D eigenvalue weighted by atomic mass is 32.2. The van der Waals surface area contributed by atoms with Crippen LogP contribution < -0.4 is 19.7 Å². The van der Waals surface area contributed by atoms with Gasteiger partial charge in [0.15, 0.2) is 5.11 Å². The van der Waals surface area contributed by atoms with Gasteiger partial charge in [0.25, 0.3) is 10.0 Å². The second-order valence-electron chi connectivity index (χ2n) is 6.43. The van der Waals surface area contributed by atoms with E-state index in [9.17, 15) is 12.8 Å². The second kappa shape index (κ2) is 9.76. The molecular weight excluding hydrogens is 437 g/mol. The van der Waals surface area contributed by atoms with E-state index in [0.717, 1.165) is 0 Å². The number of para-hydroxylation sites is 2. The van der Waals surface area contributed by atoms with Crippen molar-refractivity contribution in [3.63, 3.8) is 0 Å². The minimum absolute atomic E-state index is 0.0650. The van der Waals surface area contributed by atoms with Gasteiger partial charge in [-0.15, -0.1) is 0 Å². The van der Waals surface area contributed by atoms with Crippen LogP contribution in [0.4, 0.5) is 21.5 Å². The van der Waals surface area contributed by atoms with Crippen molar-refractivity contribution in [2.45, 2.75) is 11.8 Å². The Balaban J connectivity index is 1.91. The average Bonchev–Trinajstić information content (AvgIpc) is 2.76. The van der Waals surface area contributed by atoms with Crippen LogP contribution in [0, 0.1) is 5.82 Å². The van der Waals surface area contributed by atoms with Crippen molar-refractivity contribution in [2.24, 2.45) is 0 Å². The standard InChI is InChI=1S/C22H22FN3O3S2/c1-3-26(16-9-5-4-6-10-16)31(27,28)17-13-14-21(29-2)20(15-17)25-22(30)24-19-12-8-7-11-18(19)23/h4-15H,3H2,1-2H3,(H2,24,25,30). The van der Waals surface area contributed by atoms with Crippen LogP contribution in [0.15, 0.2) is 77.7 Å². The maximum Gasteiger partial charge on any atom is 0.264 e. The molecule has 0 saturated carbocycles. The van der Waals surface area contributed by atoms with Crippen LogP contribution in [-0.4, -0.2) is 27.2 Å². The van der Waals surface area contributed by atoms with Crippen LogP contribution in [-0.2, 0) is 10.0 Å². The Kier molecular flexibility index (Phi) is 7.09. The van der Waals surface area contributed by atoms with Gasteiger partial charge in [0.2, 0.25) is 0 Å². The molecular formula is C22H22FN3O3S2. The van der Waals surface area contributed by atoms with Crippen molar-refractivity contribution in [1.82, 2.24) is 0 Å². The summed E-state index contributed by atoms with van der Waals surface area (Å²) in [5.74, 6) is -0.0733. The van der Waals surface area contributed by atoms with E-state index in [0.29, 0.717) is 17.1 Å². The van der Waals surface area contributed by atoms with E-state index >= 15 is 0 Å². The number of methoxy groups -OCH3 is 1. The number of ether oxygens (including phenoxy) is 1. The number of halogens is 1. The van der Waals surface area contributed by atoms with Crippen LogP contribution in [0.2, 0.25) is 0 Å². The summed E-state index contributed by atoms with van der Waals surface area (Å²) >= 11 is 5.27. The van der Waals surface area contributed by atoms with Crippen molar-refractivity contribution in [1.29, 1.82) is 0 Å². The molecule has 3 aromatic rings. The highest BCUT2D eigenvalue weighted by Gasteiger charge is 2.25. The Morgan fingerprint density at radius 1 is 1.00 bits per heavy atom. The van der Waals surface area contributed by atoms with E-state index < -0.39 is 15.8 Å². The maximum absolute atomic E-state index is 13.9. The third-order valence-corrected chi connectivity index (χ3v) is 6.56. The number of thiocarbonyl (C=S) groups is 1. The Labute approximate surface area is 186 Å². The molecule has 9 heteroatoms. The average molecular weight is 460 g/mol. The zero-order chi connectivity index (χ0) is 22.4. The topological polar surface area (TPSA) is 70.7 Å². The van der Waals surface area contributed by atoms with E-state index in [1.165, 1.54) is 29.6 Å². The predicted octanol–water partition coefficient (Wildman–Crippen LogP) is 4.86. The van der Waals surface area contributed by atoms with Crippen molar-refractivity contribution >= 4 is 44.4 Å². The predicted molar refractivity (Wildman–Crippen MR) is 126 cm³/mol. The largest absolute Gasteiger partial charge is 0.495 e. The molecule has 0 heterocycles. The maximum atomic E-state index is 13.9. The molecule has 0 amide bonds. The summed E-state index contributed by atoms with van der Waals surface area (Å²) in [5.41, 5.74) is 1.09. The number of hydrogen-bond acceptors (Lipinski definition) is 4. The van der Waals surface area contributed by atoms with Gasteiger partial charge >= 0.3 is 0 Å². The number of benzene rings is 3. The number of hydrogen-bond donors (Lipinski definition) is 2. The SMILES string of the molecule is CCN(c1ccccc1)S(=O)(=O)c1ccc(OC)c(NC(=S)Nc2ccccc2F)c1. The first-order valence-electron chi connectivity index (χ1n) is 9.45. The molecule has 0 saturated heterocycles. The first-order valence-corrected chi connectivity index (χ1v) is 11.3. The fourth-order valence-electron chi connectivity index (χ4n) is 3.00. The van der Waals surface area contributed by atoms with Gasteiger partial charge in [-0.2, -0.15) is 0 Å². The van der Waals surface area contributed by atoms with Crippen molar-refractivity contribution in [3.8, 4) is 5.75 Å². The van der Waals surface area contributed by atoms with E-state index in [1.54, 1.807) is 55.5 Å². The van der Waals surface area contributed by atoms with Gasteiger partial charge in [0, 0.05) is 6.54 Å². The Morgan fingerprint density at radius 3 is 2.29 bits per heavy atom. The number of nitrogens with zero attached hydrogens (tertiary/aromatic N) is 1. The lowest BCUT2D eigenvalue weighted by atomic mass is 10.3. The summed E-state index contributed by atoms with van der Waals surface area (Å²) in [4.78, 5) is 0.0650. The lowest BCUT2D eigenvalue weighted by molar-refractivity contribution is 0.416. The zero-order valence-electron chi connectivity index (χ0n) is 17.0. The molecule has 0 unspecified atom stereocenters. The Bertz CT molecular complexity index is 1170. The minimum atomic E-state index is -3.84. The smallest absolute Gasteiger partial charge is 0.264 e. The Hall–Kier alpha value is -3.17. The van der Waals surface area contributed by atoms with E-state index in [1.807, 2.05) is 6.07 Å². The molecule has 0 radical (unpaired) electrons. The van der Waals surface area contributed by atoms with Crippen molar-refractivity contribution in [2.75, 3.05) is 28.6 Å². The summed E-state index contributed by atoms with van der Waals surface area (Å²) in [6.07, 6.45) is 0. The van der Waals surface area contributed by atoms with Gasteiger partial charge in [0.05, 0.1) is 29.1 Å². The summed E-state index contributed by atoms with van der Waals surface area (Å²) in [6, 6.07) is 19.4. The number of nitrogens with one attached hydrogen (secondary N) is 2. The monoisotopic (exact) mass is 459 g/mol. The lowest BCUT2D eigenvalue weighted by Gasteiger charge is -2.23. The third kappa shape index (κ3) is 5.12. The van der Waals surface area contributed by atoms with Crippen LogP contribution in [0.3, 0.4) is 0 Å². The molecule has 162 valence electrons. The lowest BCUT2D eigenvalue weighted by Crippen LogP contribution is -2.30. The van der Waals surface area contributed by atoms with Crippen LogP contribution in [0.5, 0.6) is 5.75 Å². The summed E-state index contributed by atoms with van der Waals surface area (Å²) in [7, 11) is -2.38. The van der Waals surface area contributed by atoms with Gasteiger partial charge in [0.1, 0.15) is 11.6 Å². The minimum Gasteiger partial charge on any atom is -0.495 e. The molecule has 0 fully saturated rings. The summed E-state index contributed by atoms with van der Waals surface area (Å²) in [5, 5.41) is 5.74. The van der Waals surface area contributed by atoms with Crippen molar-refractivity contribution < 1.29 is 17.5 Å². The molecule has 3 aromatic carbocycles. The molecule has 31 heavy (non-hydrogen) atoms. The number of rotatable bonds is 7. The van der Waals surface area contributed by atoms with E-state index in [4.69, 9.17) is 17.0 Å². The second-order valence-corrected chi connectivity index (χ2v) is 8.70. The number of sulfonamides is 1. The van der Waals surface area contributed by atoms with Crippen molar-refractivity contribution in [3.05, 3.63) is 78.6 Å². The molecule has 0 aliphatic carbocycles. The molecule has 0 spiro atoms. The van der Waals surface area contributed by atoms with Gasteiger partial charge in [-0.1, -0.05) is 30.3 Å². The fourth-order valence-corrected chi connectivity index (χ4v) is 4.72. The number of anilines is 3. The first-order chi connectivity index (χ1) is 14.9. The van der Waals surface area contributed by atoms with Crippen LogP contribution in [0.1, 0.15) is 6.92 Å². The molecule has 6 nitrogen and oxygen atoms in total. The highest BCUT2D eigenvalue weighted by Crippen LogP contribution is 2.31. The molecule has 0 aromatic heterocycles. The van der Waals surface area contributed by atoms with Gasteiger partial charge in [-0.25, -0.2) is 12.8 Å². The Morgan fingerprint density at radius 2 is 1.65 bits per heavy atom. The molecule has 0 aliphatic heterocycles. The quantitative estimate of drug-likeness (QED) is 0.492. The first kappa shape index (κ1) is 22.5. The highest BCUT2D eigenvalue weighted by molar-refractivity contribution is 7.92. The molecule has 0 bridgehead atoms. The van der Waals surface area contributed by atoms with Gasteiger partial charge in [-0.3, -0.25) is 4.31 Å². The molecule has 0 atom stereocenters. The van der Waals surface area contributed by atoms with E-state index in [-0.39, 0.29) is 22.2 Å². The summed E-state index contributed by atoms with van der Waals surface area (Å²) < 4.78 is 47.1. The van der Waals surface area contributed by atoms with E-state index in [2.05, 4.69) is 10.6 Å². The normalized spacial score (nSPS) is 10.9. The van der Waals surface area contributed by atoms with Gasteiger partial charge in [-0.05, 0) is 61.6 Å². The third-order valence-electron chi connectivity index (χ3n) is 4.46. The molecule has 2 N–H and O–H groups in total. The molecule has 0 aliphatic rings. The molecule has 3 rings (SSSR count). The zero-order valence-corrected chi connectivity index (χ0v) is 18.6. The van der Waals surface area contributed by atoms with Crippen LogP contribution >= 0.6 is 12.2 Å². The summed E-state index contributed by atoms with van der Waals surface area (Å²) in [6.45, 7) is 2.02. The van der Waals surface area contributed by atoms with Crippen LogP contribution in [0.25, 0.3) is 0 Å². The van der Waals surface area contributed by atoms with Gasteiger partial charge < -0.3 is 15.4 Å². The fraction of sp³-hybridized carbons (Fsp3) is 0.136.